The maximum atomic E-state index is 11.4. The Morgan fingerprint density at radius 2 is 2.13 bits per heavy atom. The standard InChI is InChI=1S/C10H12O4S/c1-15(11,12)10-5-3-2-4-9(10)14-7-8-6-13-8/h2-5,8H,6-7H2,1H3/t8-/m1/s1. The highest BCUT2D eigenvalue weighted by Gasteiger charge is 2.24. The van der Waals surface area contributed by atoms with Crippen LogP contribution in [0.5, 0.6) is 5.75 Å². The minimum absolute atomic E-state index is 0.123. The summed E-state index contributed by atoms with van der Waals surface area (Å²) in [5, 5.41) is 0. The smallest absolute Gasteiger partial charge is 0.179 e. The van der Waals surface area contributed by atoms with Gasteiger partial charge in [0, 0.05) is 6.26 Å². The van der Waals surface area contributed by atoms with Crippen molar-refractivity contribution in [1.29, 1.82) is 0 Å². The highest BCUT2D eigenvalue weighted by atomic mass is 32.2. The van der Waals surface area contributed by atoms with E-state index in [1.54, 1.807) is 24.3 Å². The van der Waals surface area contributed by atoms with Gasteiger partial charge in [0.15, 0.2) is 9.84 Å². The van der Waals surface area contributed by atoms with Crippen LogP contribution >= 0.6 is 0 Å². The van der Waals surface area contributed by atoms with Crippen molar-refractivity contribution >= 4 is 9.84 Å². The number of para-hydroxylation sites is 1. The minimum Gasteiger partial charge on any atom is -0.489 e. The molecule has 15 heavy (non-hydrogen) atoms. The van der Waals surface area contributed by atoms with Crippen molar-refractivity contribution in [3.05, 3.63) is 24.3 Å². The van der Waals surface area contributed by atoms with Gasteiger partial charge in [0.05, 0.1) is 6.61 Å². The molecule has 0 saturated carbocycles. The van der Waals surface area contributed by atoms with E-state index in [0.29, 0.717) is 19.0 Å². The summed E-state index contributed by atoms with van der Waals surface area (Å²) in [6.45, 7) is 1.10. The fraction of sp³-hybridized carbons (Fsp3) is 0.400. The molecule has 0 unspecified atom stereocenters. The zero-order valence-corrected chi connectivity index (χ0v) is 9.16. The fourth-order valence-corrected chi connectivity index (χ4v) is 2.04. The number of sulfone groups is 1. The third kappa shape index (κ3) is 2.70. The van der Waals surface area contributed by atoms with Gasteiger partial charge in [-0.2, -0.15) is 0 Å². The maximum Gasteiger partial charge on any atom is 0.179 e. The normalized spacial score (nSPS) is 19.9. The van der Waals surface area contributed by atoms with Crippen molar-refractivity contribution in [3.8, 4) is 5.75 Å². The number of ether oxygens (including phenoxy) is 2. The molecule has 2 rings (SSSR count). The summed E-state index contributed by atoms with van der Waals surface area (Å²) in [5.41, 5.74) is 0. The lowest BCUT2D eigenvalue weighted by molar-refractivity contribution is 0.258. The number of benzene rings is 1. The van der Waals surface area contributed by atoms with E-state index in [1.807, 2.05) is 0 Å². The van der Waals surface area contributed by atoms with Crippen LogP contribution in [0.1, 0.15) is 0 Å². The molecular formula is C10H12O4S. The lowest BCUT2D eigenvalue weighted by Gasteiger charge is -2.08. The summed E-state index contributed by atoms with van der Waals surface area (Å²) < 4.78 is 33.2. The fourth-order valence-electron chi connectivity index (χ4n) is 1.22. The molecule has 1 aromatic carbocycles. The van der Waals surface area contributed by atoms with Gasteiger partial charge in [0.25, 0.3) is 0 Å². The molecule has 0 spiro atoms. The molecule has 1 aromatic rings. The predicted molar refractivity (Wildman–Crippen MR) is 54.8 cm³/mol. The third-order valence-corrected chi connectivity index (χ3v) is 3.21. The summed E-state index contributed by atoms with van der Waals surface area (Å²) in [4.78, 5) is 0.227. The maximum absolute atomic E-state index is 11.4. The number of hydrogen-bond donors (Lipinski definition) is 0. The minimum atomic E-state index is -3.23. The van der Waals surface area contributed by atoms with Gasteiger partial charge in [-0.05, 0) is 12.1 Å². The molecule has 1 atom stereocenters. The highest BCUT2D eigenvalue weighted by molar-refractivity contribution is 7.90. The molecule has 0 bridgehead atoms. The van der Waals surface area contributed by atoms with Crippen LogP contribution < -0.4 is 4.74 Å². The topological polar surface area (TPSA) is 55.9 Å². The number of hydrogen-bond acceptors (Lipinski definition) is 4. The van der Waals surface area contributed by atoms with Crippen LogP contribution in [0.4, 0.5) is 0 Å². The lowest BCUT2D eigenvalue weighted by atomic mass is 10.3. The van der Waals surface area contributed by atoms with Gasteiger partial charge in [-0.1, -0.05) is 12.1 Å². The summed E-state index contributed by atoms with van der Waals surface area (Å²) in [5.74, 6) is 0.399. The van der Waals surface area contributed by atoms with E-state index in [4.69, 9.17) is 9.47 Å². The van der Waals surface area contributed by atoms with Crippen LogP contribution in [0.2, 0.25) is 0 Å². The highest BCUT2D eigenvalue weighted by Crippen LogP contribution is 2.24. The molecule has 82 valence electrons. The number of epoxide rings is 1. The Balaban J connectivity index is 2.20. The molecule has 1 fully saturated rings. The Labute approximate surface area is 88.7 Å². The van der Waals surface area contributed by atoms with E-state index in [-0.39, 0.29) is 11.0 Å². The molecule has 1 heterocycles. The average Bonchev–Trinajstić information content (AvgIpc) is 2.97. The monoisotopic (exact) mass is 228 g/mol. The van der Waals surface area contributed by atoms with E-state index in [0.717, 1.165) is 0 Å². The van der Waals surface area contributed by atoms with Crippen LogP contribution in [0.3, 0.4) is 0 Å². The Morgan fingerprint density at radius 3 is 2.73 bits per heavy atom. The van der Waals surface area contributed by atoms with Gasteiger partial charge in [-0.25, -0.2) is 8.42 Å². The van der Waals surface area contributed by atoms with Crippen LogP contribution in [0, 0.1) is 0 Å². The molecule has 1 aliphatic rings. The van der Waals surface area contributed by atoms with Crippen molar-refractivity contribution in [2.45, 2.75) is 11.0 Å². The van der Waals surface area contributed by atoms with Gasteiger partial charge >= 0.3 is 0 Å². The number of rotatable bonds is 4. The van der Waals surface area contributed by atoms with Gasteiger partial charge < -0.3 is 9.47 Å². The van der Waals surface area contributed by atoms with Gasteiger partial charge in [0.1, 0.15) is 23.4 Å². The summed E-state index contributed by atoms with van der Waals surface area (Å²) in [7, 11) is -3.23. The van der Waals surface area contributed by atoms with Gasteiger partial charge in [-0.15, -0.1) is 0 Å². The van der Waals surface area contributed by atoms with Crippen molar-refractivity contribution in [2.75, 3.05) is 19.5 Å². The van der Waals surface area contributed by atoms with Gasteiger partial charge in [0.2, 0.25) is 0 Å². The van der Waals surface area contributed by atoms with Crippen molar-refractivity contribution in [3.63, 3.8) is 0 Å². The molecular weight excluding hydrogens is 216 g/mol. The molecule has 4 nitrogen and oxygen atoms in total. The lowest BCUT2D eigenvalue weighted by Crippen LogP contribution is -2.07. The SMILES string of the molecule is CS(=O)(=O)c1ccccc1OC[C@H]1CO1. The Hall–Kier alpha value is -1.07. The van der Waals surface area contributed by atoms with E-state index in [9.17, 15) is 8.42 Å². The van der Waals surface area contributed by atoms with Crippen LogP contribution in [0.15, 0.2) is 29.2 Å². The molecule has 0 N–H and O–H groups in total. The average molecular weight is 228 g/mol. The second-order valence-corrected chi connectivity index (χ2v) is 5.47. The Kier molecular flexibility index (Phi) is 2.67. The largest absolute Gasteiger partial charge is 0.489 e. The van der Waals surface area contributed by atoms with E-state index in [2.05, 4.69) is 0 Å². The van der Waals surface area contributed by atoms with E-state index in [1.165, 1.54) is 6.26 Å². The zero-order valence-electron chi connectivity index (χ0n) is 8.34. The van der Waals surface area contributed by atoms with Crippen LogP contribution in [-0.4, -0.2) is 34.0 Å². The first-order valence-electron chi connectivity index (χ1n) is 4.61. The molecule has 0 amide bonds. The Morgan fingerprint density at radius 1 is 1.47 bits per heavy atom. The molecule has 0 radical (unpaired) electrons. The van der Waals surface area contributed by atoms with Crippen molar-refractivity contribution in [2.24, 2.45) is 0 Å². The van der Waals surface area contributed by atoms with E-state index < -0.39 is 9.84 Å². The second-order valence-electron chi connectivity index (χ2n) is 3.49. The summed E-state index contributed by atoms with van der Waals surface area (Å²) in [6.07, 6.45) is 1.29. The first-order chi connectivity index (χ1) is 7.07. The van der Waals surface area contributed by atoms with E-state index >= 15 is 0 Å². The molecule has 1 aliphatic heterocycles. The van der Waals surface area contributed by atoms with Crippen molar-refractivity contribution in [1.82, 2.24) is 0 Å². The Bertz CT molecular complexity index is 448. The third-order valence-electron chi connectivity index (χ3n) is 2.08. The predicted octanol–water partition coefficient (Wildman–Crippen LogP) is 0.868. The van der Waals surface area contributed by atoms with Crippen LogP contribution in [0.25, 0.3) is 0 Å². The first kappa shape index (κ1) is 10.4. The summed E-state index contributed by atoms with van der Waals surface area (Å²) >= 11 is 0. The second kappa shape index (κ2) is 3.83. The quantitative estimate of drug-likeness (QED) is 0.717. The molecule has 5 heteroatoms. The first-order valence-corrected chi connectivity index (χ1v) is 6.50. The van der Waals surface area contributed by atoms with Gasteiger partial charge in [-0.3, -0.25) is 0 Å². The zero-order chi connectivity index (χ0) is 10.9. The molecule has 0 aromatic heterocycles. The molecule has 0 aliphatic carbocycles. The van der Waals surface area contributed by atoms with Crippen LogP contribution in [-0.2, 0) is 14.6 Å². The van der Waals surface area contributed by atoms with Crippen molar-refractivity contribution < 1.29 is 17.9 Å². The summed E-state index contributed by atoms with van der Waals surface area (Å²) in [6, 6.07) is 6.62. The molecule has 1 saturated heterocycles.